The van der Waals surface area contributed by atoms with E-state index in [0.29, 0.717) is 11.7 Å². The van der Waals surface area contributed by atoms with Gasteiger partial charge in [-0.15, -0.1) is 12.4 Å². The normalized spacial score (nSPS) is 23.9. The van der Waals surface area contributed by atoms with Crippen LogP contribution in [0.2, 0.25) is 0 Å². The Morgan fingerprint density at radius 1 is 1.47 bits per heavy atom. The van der Waals surface area contributed by atoms with Crippen LogP contribution in [0.1, 0.15) is 36.2 Å². The zero-order valence-electron chi connectivity index (χ0n) is 9.93. The highest BCUT2D eigenvalue weighted by Gasteiger charge is 2.21. The second-order valence-electron chi connectivity index (χ2n) is 4.43. The Balaban J connectivity index is 0.00000144. The molecule has 1 aromatic heterocycles. The van der Waals surface area contributed by atoms with Crippen LogP contribution < -0.4 is 11.1 Å². The first-order valence-electron chi connectivity index (χ1n) is 5.71. The first kappa shape index (κ1) is 14.0. The van der Waals surface area contributed by atoms with Crippen molar-refractivity contribution in [1.82, 2.24) is 15.1 Å². The molecule has 1 heterocycles. The Hall–Kier alpha value is -1.07. The van der Waals surface area contributed by atoms with E-state index in [2.05, 4.69) is 10.4 Å². The quantitative estimate of drug-likeness (QED) is 0.826. The Bertz CT molecular complexity index is 371. The van der Waals surface area contributed by atoms with E-state index in [1.54, 1.807) is 24.0 Å². The highest BCUT2D eigenvalue weighted by Crippen LogP contribution is 2.17. The van der Waals surface area contributed by atoms with Crippen molar-refractivity contribution in [2.24, 2.45) is 12.8 Å². The predicted octanol–water partition coefficient (Wildman–Crippen LogP) is 0.842. The molecule has 0 atom stereocenters. The molecule has 1 saturated carbocycles. The number of halogens is 1. The number of carbonyl (C=O) groups is 1. The van der Waals surface area contributed by atoms with Gasteiger partial charge in [-0.2, -0.15) is 5.10 Å². The van der Waals surface area contributed by atoms with Crippen LogP contribution in [-0.2, 0) is 7.05 Å². The van der Waals surface area contributed by atoms with Crippen LogP contribution in [0.25, 0.3) is 0 Å². The SMILES string of the molecule is Cl.Cn1nccc1C(=O)NC1CCC(N)CC1. The van der Waals surface area contributed by atoms with Gasteiger partial charge in [0.05, 0.1) is 0 Å². The molecule has 6 heteroatoms. The van der Waals surface area contributed by atoms with Crippen molar-refractivity contribution in [3.8, 4) is 0 Å². The molecule has 0 unspecified atom stereocenters. The van der Waals surface area contributed by atoms with Crippen LogP contribution >= 0.6 is 12.4 Å². The van der Waals surface area contributed by atoms with Gasteiger partial charge in [-0.1, -0.05) is 0 Å². The van der Waals surface area contributed by atoms with Gasteiger partial charge < -0.3 is 11.1 Å². The van der Waals surface area contributed by atoms with Gasteiger partial charge in [-0.3, -0.25) is 9.48 Å². The molecular weight excluding hydrogens is 240 g/mol. The van der Waals surface area contributed by atoms with Crippen LogP contribution in [0.3, 0.4) is 0 Å². The van der Waals surface area contributed by atoms with Gasteiger partial charge in [-0.25, -0.2) is 0 Å². The third-order valence-corrected chi connectivity index (χ3v) is 3.16. The summed E-state index contributed by atoms with van der Waals surface area (Å²) in [7, 11) is 1.77. The number of hydrogen-bond acceptors (Lipinski definition) is 3. The lowest BCUT2D eigenvalue weighted by atomic mass is 9.92. The Labute approximate surface area is 107 Å². The number of aromatic nitrogens is 2. The number of carbonyl (C=O) groups excluding carboxylic acids is 1. The van der Waals surface area contributed by atoms with Crippen LogP contribution in [0, 0.1) is 0 Å². The summed E-state index contributed by atoms with van der Waals surface area (Å²) in [6.45, 7) is 0. The molecule has 1 aliphatic rings. The average Bonchev–Trinajstić information content (AvgIpc) is 2.68. The molecule has 1 aromatic rings. The molecule has 0 aromatic carbocycles. The number of nitrogens with zero attached hydrogens (tertiary/aromatic N) is 2. The molecule has 5 nitrogen and oxygen atoms in total. The summed E-state index contributed by atoms with van der Waals surface area (Å²) in [6.07, 6.45) is 5.58. The van der Waals surface area contributed by atoms with Crippen molar-refractivity contribution in [3.63, 3.8) is 0 Å². The summed E-state index contributed by atoms with van der Waals surface area (Å²) < 4.78 is 1.59. The van der Waals surface area contributed by atoms with Crippen LogP contribution in [0.15, 0.2) is 12.3 Å². The summed E-state index contributed by atoms with van der Waals surface area (Å²) in [5.41, 5.74) is 6.43. The molecule has 0 saturated heterocycles. The Morgan fingerprint density at radius 2 is 2.12 bits per heavy atom. The lowest BCUT2D eigenvalue weighted by molar-refractivity contribution is 0.0916. The van der Waals surface area contributed by atoms with E-state index in [1.807, 2.05) is 0 Å². The molecule has 0 spiro atoms. The molecule has 2 rings (SSSR count). The van der Waals surface area contributed by atoms with Gasteiger partial charge in [0.2, 0.25) is 0 Å². The summed E-state index contributed by atoms with van der Waals surface area (Å²) in [4.78, 5) is 11.9. The van der Waals surface area contributed by atoms with Crippen LogP contribution in [0.4, 0.5) is 0 Å². The number of hydrogen-bond donors (Lipinski definition) is 2. The number of aryl methyl sites for hydroxylation is 1. The molecular formula is C11H19ClN4O. The summed E-state index contributed by atoms with van der Waals surface area (Å²) in [5.74, 6) is -0.0412. The monoisotopic (exact) mass is 258 g/mol. The second kappa shape index (κ2) is 6.02. The lowest BCUT2D eigenvalue weighted by Gasteiger charge is -2.26. The first-order valence-corrected chi connectivity index (χ1v) is 5.71. The molecule has 17 heavy (non-hydrogen) atoms. The number of rotatable bonds is 2. The van der Waals surface area contributed by atoms with E-state index >= 15 is 0 Å². The number of nitrogens with one attached hydrogen (secondary N) is 1. The molecule has 1 amide bonds. The molecule has 1 fully saturated rings. The fraction of sp³-hybridized carbons (Fsp3) is 0.636. The molecule has 0 bridgehead atoms. The fourth-order valence-electron chi connectivity index (χ4n) is 2.12. The smallest absolute Gasteiger partial charge is 0.269 e. The molecule has 96 valence electrons. The van der Waals surface area contributed by atoms with E-state index < -0.39 is 0 Å². The molecule has 1 aliphatic carbocycles. The fourth-order valence-corrected chi connectivity index (χ4v) is 2.12. The van der Waals surface area contributed by atoms with Crippen LogP contribution in [-0.4, -0.2) is 27.8 Å². The maximum atomic E-state index is 11.9. The third kappa shape index (κ3) is 3.44. The maximum absolute atomic E-state index is 11.9. The highest BCUT2D eigenvalue weighted by atomic mass is 35.5. The highest BCUT2D eigenvalue weighted by molar-refractivity contribution is 5.92. The summed E-state index contributed by atoms with van der Waals surface area (Å²) in [6, 6.07) is 2.30. The van der Waals surface area contributed by atoms with Gasteiger partial charge in [0, 0.05) is 25.3 Å². The summed E-state index contributed by atoms with van der Waals surface area (Å²) in [5, 5.41) is 7.01. The second-order valence-corrected chi connectivity index (χ2v) is 4.43. The van der Waals surface area contributed by atoms with E-state index in [-0.39, 0.29) is 24.4 Å². The molecule has 0 aliphatic heterocycles. The lowest BCUT2D eigenvalue weighted by Crippen LogP contribution is -2.41. The minimum absolute atomic E-state index is 0. The third-order valence-electron chi connectivity index (χ3n) is 3.16. The van der Waals surface area contributed by atoms with E-state index in [1.165, 1.54) is 0 Å². The van der Waals surface area contributed by atoms with E-state index in [9.17, 15) is 4.79 Å². The standard InChI is InChI=1S/C11H18N4O.ClH/c1-15-10(6-7-13-15)11(16)14-9-4-2-8(12)3-5-9;/h6-9H,2-5,12H2,1H3,(H,14,16);1H. The number of amides is 1. The van der Waals surface area contributed by atoms with E-state index in [4.69, 9.17) is 5.73 Å². The van der Waals surface area contributed by atoms with Gasteiger partial charge in [-0.05, 0) is 31.7 Å². The predicted molar refractivity (Wildman–Crippen MR) is 68.2 cm³/mol. The number of nitrogens with two attached hydrogens (primary N) is 1. The van der Waals surface area contributed by atoms with Crippen molar-refractivity contribution >= 4 is 18.3 Å². The Kier molecular flexibility index (Phi) is 4.96. The molecule has 0 radical (unpaired) electrons. The van der Waals surface area contributed by atoms with Crippen LogP contribution in [0.5, 0.6) is 0 Å². The minimum Gasteiger partial charge on any atom is -0.348 e. The first-order chi connectivity index (χ1) is 7.66. The average molecular weight is 259 g/mol. The van der Waals surface area contributed by atoms with E-state index in [0.717, 1.165) is 25.7 Å². The maximum Gasteiger partial charge on any atom is 0.269 e. The van der Waals surface area contributed by atoms with Crippen molar-refractivity contribution in [3.05, 3.63) is 18.0 Å². The van der Waals surface area contributed by atoms with Gasteiger partial charge >= 0.3 is 0 Å². The van der Waals surface area contributed by atoms with Crippen molar-refractivity contribution < 1.29 is 4.79 Å². The van der Waals surface area contributed by atoms with Gasteiger partial charge in [0.15, 0.2) is 0 Å². The van der Waals surface area contributed by atoms with Crippen molar-refractivity contribution in [2.75, 3.05) is 0 Å². The van der Waals surface area contributed by atoms with Gasteiger partial charge in [0.1, 0.15) is 5.69 Å². The molecule has 3 N–H and O–H groups in total. The van der Waals surface area contributed by atoms with Crippen molar-refractivity contribution in [1.29, 1.82) is 0 Å². The zero-order chi connectivity index (χ0) is 11.5. The zero-order valence-corrected chi connectivity index (χ0v) is 10.7. The Morgan fingerprint density at radius 3 is 2.65 bits per heavy atom. The van der Waals surface area contributed by atoms with Crippen molar-refractivity contribution in [2.45, 2.75) is 37.8 Å². The largest absolute Gasteiger partial charge is 0.348 e. The topological polar surface area (TPSA) is 72.9 Å². The van der Waals surface area contributed by atoms with Gasteiger partial charge in [0.25, 0.3) is 5.91 Å². The minimum atomic E-state index is -0.0412. The summed E-state index contributed by atoms with van der Waals surface area (Å²) >= 11 is 0.